The number of benzene rings is 1. The van der Waals surface area contributed by atoms with Crippen LogP contribution in [0.5, 0.6) is 0 Å². The molecular formula is C12H9F6NO3. The number of carbonyl (C=O) groups is 2. The van der Waals surface area contributed by atoms with Crippen molar-refractivity contribution in [3.8, 4) is 0 Å². The molecule has 0 radical (unpaired) electrons. The van der Waals surface area contributed by atoms with E-state index in [9.17, 15) is 35.9 Å². The van der Waals surface area contributed by atoms with Crippen LogP contribution in [0.4, 0.5) is 26.3 Å². The first-order valence-corrected chi connectivity index (χ1v) is 5.62. The minimum atomic E-state index is -5.09. The maximum absolute atomic E-state index is 12.6. The molecule has 1 aromatic carbocycles. The lowest BCUT2D eigenvalue weighted by molar-refractivity contribution is -0.143. The van der Waals surface area contributed by atoms with Gasteiger partial charge in [-0.2, -0.15) is 26.3 Å². The Labute approximate surface area is 119 Å². The van der Waals surface area contributed by atoms with E-state index in [0.29, 0.717) is 0 Å². The van der Waals surface area contributed by atoms with Crippen molar-refractivity contribution in [2.24, 2.45) is 5.73 Å². The van der Waals surface area contributed by atoms with Gasteiger partial charge in [-0.25, -0.2) is 4.79 Å². The second-order valence-electron chi connectivity index (χ2n) is 4.24. The van der Waals surface area contributed by atoms with E-state index in [1.165, 1.54) is 0 Å². The van der Waals surface area contributed by atoms with Gasteiger partial charge in [0.05, 0.1) is 16.7 Å². The Balaban J connectivity index is 3.30. The van der Waals surface area contributed by atoms with E-state index < -0.39 is 47.0 Å². The maximum Gasteiger partial charge on any atom is 0.416 e. The van der Waals surface area contributed by atoms with Crippen molar-refractivity contribution in [3.63, 3.8) is 0 Å². The summed E-state index contributed by atoms with van der Waals surface area (Å²) < 4.78 is 80.0. The van der Waals surface area contributed by atoms with Crippen LogP contribution in [-0.2, 0) is 21.9 Å². The highest BCUT2D eigenvalue weighted by Gasteiger charge is 2.37. The highest BCUT2D eigenvalue weighted by atomic mass is 19.4. The van der Waals surface area contributed by atoms with Gasteiger partial charge in [-0.3, -0.25) is 4.79 Å². The molecule has 0 saturated heterocycles. The van der Waals surface area contributed by atoms with Gasteiger partial charge in [-0.05, 0) is 25.1 Å². The lowest BCUT2D eigenvalue weighted by Gasteiger charge is -2.15. The standard InChI is InChI=1S/C12H9F6NO3/c1-5(9(19)20)22-10(21)6-2-7(11(13,14)15)4-8(3-6)12(16,17)18/h2-5H,1H3,(H2,19,20). The van der Waals surface area contributed by atoms with Gasteiger partial charge in [0.1, 0.15) is 0 Å². The Bertz CT molecular complexity index is 561. The number of ether oxygens (including phenoxy) is 1. The fourth-order valence-corrected chi connectivity index (χ4v) is 1.36. The van der Waals surface area contributed by atoms with Gasteiger partial charge in [0.25, 0.3) is 5.91 Å². The molecule has 1 unspecified atom stereocenters. The van der Waals surface area contributed by atoms with Crippen LogP contribution in [-0.4, -0.2) is 18.0 Å². The van der Waals surface area contributed by atoms with Gasteiger partial charge in [0.2, 0.25) is 0 Å². The Morgan fingerprint density at radius 3 is 1.73 bits per heavy atom. The lowest BCUT2D eigenvalue weighted by atomic mass is 10.0. The van der Waals surface area contributed by atoms with Gasteiger partial charge in [-0.1, -0.05) is 0 Å². The molecule has 1 amide bonds. The van der Waals surface area contributed by atoms with Crippen molar-refractivity contribution in [2.75, 3.05) is 0 Å². The predicted molar refractivity (Wildman–Crippen MR) is 60.5 cm³/mol. The van der Waals surface area contributed by atoms with E-state index in [1.54, 1.807) is 0 Å². The highest BCUT2D eigenvalue weighted by Crippen LogP contribution is 2.36. The predicted octanol–water partition coefficient (Wildman–Crippen LogP) is 2.75. The van der Waals surface area contributed by atoms with Crippen molar-refractivity contribution >= 4 is 11.9 Å². The summed E-state index contributed by atoms with van der Waals surface area (Å²) in [5.41, 5.74) is 0.463. The van der Waals surface area contributed by atoms with Crippen LogP contribution < -0.4 is 5.73 Å². The maximum atomic E-state index is 12.6. The Morgan fingerprint density at radius 1 is 1.00 bits per heavy atom. The minimum absolute atomic E-state index is 0.131. The molecule has 22 heavy (non-hydrogen) atoms. The third kappa shape index (κ3) is 4.37. The molecule has 0 fully saturated rings. The molecule has 0 aliphatic rings. The molecule has 2 N–H and O–H groups in total. The van der Waals surface area contributed by atoms with Crippen molar-refractivity contribution in [1.82, 2.24) is 0 Å². The van der Waals surface area contributed by atoms with Gasteiger partial charge in [-0.15, -0.1) is 0 Å². The van der Waals surface area contributed by atoms with Gasteiger partial charge < -0.3 is 10.5 Å². The second-order valence-corrected chi connectivity index (χ2v) is 4.24. The SMILES string of the molecule is CC(OC(=O)c1cc(C(F)(F)F)cc(C(F)(F)F)c1)C(N)=O. The molecule has 0 aliphatic carbocycles. The van der Waals surface area contributed by atoms with Crippen LogP contribution >= 0.6 is 0 Å². The van der Waals surface area contributed by atoms with Crippen molar-refractivity contribution < 1.29 is 40.7 Å². The first-order valence-electron chi connectivity index (χ1n) is 5.62. The summed E-state index contributed by atoms with van der Waals surface area (Å²) >= 11 is 0. The van der Waals surface area contributed by atoms with E-state index in [0.717, 1.165) is 6.92 Å². The first-order chi connectivity index (χ1) is 9.82. The summed E-state index contributed by atoms with van der Waals surface area (Å²) in [6.45, 7) is 1.03. The van der Waals surface area contributed by atoms with Crippen LogP contribution in [0.2, 0.25) is 0 Å². The van der Waals surface area contributed by atoms with Crippen LogP contribution in [0, 0.1) is 0 Å². The highest BCUT2D eigenvalue weighted by molar-refractivity contribution is 5.92. The zero-order valence-corrected chi connectivity index (χ0v) is 10.9. The Morgan fingerprint density at radius 2 is 1.41 bits per heavy atom. The quantitative estimate of drug-likeness (QED) is 0.685. The number of amides is 1. The lowest BCUT2D eigenvalue weighted by Crippen LogP contribution is -2.30. The summed E-state index contributed by atoms with van der Waals surface area (Å²) in [4.78, 5) is 22.3. The van der Waals surface area contributed by atoms with Gasteiger partial charge >= 0.3 is 18.3 Å². The van der Waals surface area contributed by atoms with Crippen molar-refractivity contribution in [3.05, 3.63) is 34.9 Å². The molecule has 0 saturated carbocycles. The first kappa shape index (κ1) is 17.8. The van der Waals surface area contributed by atoms with Crippen LogP contribution in [0.15, 0.2) is 18.2 Å². The minimum Gasteiger partial charge on any atom is -0.449 e. The largest absolute Gasteiger partial charge is 0.449 e. The summed E-state index contributed by atoms with van der Waals surface area (Å²) in [6.07, 6.45) is -11.7. The fourth-order valence-electron chi connectivity index (χ4n) is 1.36. The number of carbonyl (C=O) groups excluding carboxylic acids is 2. The smallest absolute Gasteiger partial charge is 0.416 e. The number of esters is 1. The number of rotatable bonds is 3. The van der Waals surface area contributed by atoms with Crippen LogP contribution in [0.3, 0.4) is 0 Å². The van der Waals surface area contributed by atoms with Gasteiger partial charge in [0, 0.05) is 0 Å². The molecule has 1 atom stereocenters. The summed E-state index contributed by atoms with van der Waals surface area (Å²) in [7, 11) is 0. The molecule has 122 valence electrons. The summed E-state index contributed by atoms with van der Waals surface area (Å²) in [6, 6.07) is 0.269. The molecule has 0 bridgehead atoms. The Kier molecular flexibility index (Phi) is 4.73. The monoisotopic (exact) mass is 329 g/mol. The normalized spacial score (nSPS) is 13.6. The molecule has 1 rings (SSSR count). The number of primary amides is 1. The number of nitrogens with two attached hydrogens (primary N) is 1. The van der Waals surface area contributed by atoms with Crippen molar-refractivity contribution in [2.45, 2.75) is 25.4 Å². The third-order valence-electron chi connectivity index (χ3n) is 2.51. The van der Waals surface area contributed by atoms with E-state index in [-0.39, 0.29) is 18.2 Å². The molecule has 0 spiro atoms. The van der Waals surface area contributed by atoms with E-state index in [2.05, 4.69) is 4.74 Å². The third-order valence-corrected chi connectivity index (χ3v) is 2.51. The fraction of sp³-hybridized carbons (Fsp3) is 0.333. The number of hydrogen-bond donors (Lipinski definition) is 1. The van der Waals surface area contributed by atoms with Crippen LogP contribution in [0.25, 0.3) is 0 Å². The van der Waals surface area contributed by atoms with E-state index in [4.69, 9.17) is 5.73 Å². The average molecular weight is 329 g/mol. The zero-order valence-electron chi connectivity index (χ0n) is 10.9. The second kappa shape index (κ2) is 5.85. The van der Waals surface area contributed by atoms with Crippen molar-refractivity contribution in [1.29, 1.82) is 0 Å². The summed E-state index contributed by atoms with van der Waals surface area (Å²) in [5, 5.41) is 0. The van der Waals surface area contributed by atoms with E-state index in [1.807, 2.05) is 0 Å². The molecule has 0 aliphatic heterocycles. The topological polar surface area (TPSA) is 69.4 Å². The summed E-state index contributed by atoms with van der Waals surface area (Å²) in [5.74, 6) is -2.63. The Hall–Kier alpha value is -2.26. The molecular weight excluding hydrogens is 320 g/mol. The molecule has 4 nitrogen and oxygen atoms in total. The van der Waals surface area contributed by atoms with E-state index >= 15 is 0 Å². The zero-order chi connectivity index (χ0) is 17.3. The molecule has 1 aromatic rings. The number of halogens is 6. The molecule has 0 heterocycles. The average Bonchev–Trinajstić information content (AvgIpc) is 2.35. The number of alkyl halides is 6. The molecule has 10 heteroatoms. The van der Waals surface area contributed by atoms with Crippen LogP contribution in [0.1, 0.15) is 28.4 Å². The molecule has 0 aromatic heterocycles. The van der Waals surface area contributed by atoms with Gasteiger partial charge in [0.15, 0.2) is 6.10 Å². The number of hydrogen-bond acceptors (Lipinski definition) is 3.